The van der Waals surface area contributed by atoms with Crippen LogP contribution in [0.3, 0.4) is 0 Å². The van der Waals surface area contributed by atoms with Gasteiger partial charge in [-0.05, 0) is 58.4 Å². The van der Waals surface area contributed by atoms with E-state index in [-0.39, 0.29) is 16.7 Å². The Balaban J connectivity index is 1.53. The van der Waals surface area contributed by atoms with Crippen molar-refractivity contribution in [2.45, 2.75) is 52.4 Å². The van der Waals surface area contributed by atoms with Crippen molar-refractivity contribution in [1.29, 1.82) is 0 Å². The average Bonchev–Trinajstić information content (AvgIpc) is 3.16. The Hall–Kier alpha value is -3.40. The summed E-state index contributed by atoms with van der Waals surface area (Å²) < 4.78 is 6.00. The molecule has 0 fully saturated rings. The minimum Gasteiger partial charge on any atom is -0.436 e. The molecule has 32 heavy (non-hydrogen) atoms. The van der Waals surface area contributed by atoms with Crippen molar-refractivity contribution < 1.29 is 9.21 Å². The van der Waals surface area contributed by atoms with Crippen LogP contribution in [0.1, 0.15) is 63.0 Å². The van der Waals surface area contributed by atoms with E-state index in [1.165, 1.54) is 11.1 Å². The van der Waals surface area contributed by atoms with Crippen molar-refractivity contribution in [2.24, 2.45) is 0 Å². The second-order valence-electron chi connectivity index (χ2n) is 10.3. The first-order valence-corrected chi connectivity index (χ1v) is 10.9. The number of carbonyl (C=O) groups is 1. The van der Waals surface area contributed by atoms with E-state index in [2.05, 4.69) is 64.0 Å². The second-order valence-corrected chi connectivity index (χ2v) is 10.3. The van der Waals surface area contributed by atoms with Gasteiger partial charge in [0.15, 0.2) is 5.58 Å². The van der Waals surface area contributed by atoms with E-state index < -0.39 is 0 Å². The lowest BCUT2D eigenvalue weighted by Crippen LogP contribution is -2.14. The number of rotatable bonds is 3. The van der Waals surface area contributed by atoms with Crippen molar-refractivity contribution in [3.05, 3.63) is 83.4 Å². The molecule has 0 radical (unpaired) electrons. The Morgan fingerprint density at radius 1 is 0.781 bits per heavy atom. The number of anilines is 1. The smallest absolute Gasteiger partial charge is 0.255 e. The van der Waals surface area contributed by atoms with Gasteiger partial charge in [0.25, 0.3) is 5.91 Å². The Morgan fingerprint density at radius 2 is 1.34 bits per heavy atom. The molecule has 1 heterocycles. The van der Waals surface area contributed by atoms with Crippen molar-refractivity contribution in [2.75, 3.05) is 5.32 Å². The number of oxazole rings is 1. The van der Waals surface area contributed by atoms with Gasteiger partial charge in [0, 0.05) is 22.9 Å². The molecule has 4 heteroatoms. The molecule has 0 aliphatic rings. The van der Waals surface area contributed by atoms with Crippen molar-refractivity contribution in [3.8, 4) is 11.5 Å². The number of nitrogens with one attached hydrogen (secondary N) is 1. The zero-order chi connectivity index (χ0) is 23.1. The van der Waals surface area contributed by atoms with Gasteiger partial charge in [0.2, 0.25) is 5.89 Å². The molecule has 0 aliphatic carbocycles. The zero-order valence-electron chi connectivity index (χ0n) is 19.6. The number of amides is 1. The van der Waals surface area contributed by atoms with E-state index in [0.29, 0.717) is 22.7 Å². The Bertz CT molecular complexity index is 1250. The van der Waals surface area contributed by atoms with Crippen LogP contribution in [0.5, 0.6) is 0 Å². The summed E-state index contributed by atoms with van der Waals surface area (Å²) in [4.78, 5) is 17.3. The number of fused-ring (bicyclic) bond motifs is 1. The number of nitrogens with zero attached hydrogens (tertiary/aromatic N) is 1. The summed E-state index contributed by atoms with van der Waals surface area (Å²) in [6.45, 7) is 13.0. The summed E-state index contributed by atoms with van der Waals surface area (Å²) in [5.74, 6) is 0.420. The molecule has 0 atom stereocenters. The minimum absolute atomic E-state index is 0.0527. The molecular formula is C28H30N2O2. The maximum Gasteiger partial charge on any atom is 0.255 e. The number of aromatic nitrogens is 1. The SMILES string of the molecule is CC(C)(C)c1ccc(C(=O)Nc2ccc3nc(-c4ccc(C(C)(C)C)cc4)oc3c2)cc1. The first kappa shape index (κ1) is 21.8. The predicted molar refractivity (Wildman–Crippen MR) is 131 cm³/mol. The molecule has 4 rings (SSSR count). The van der Waals surface area contributed by atoms with Gasteiger partial charge in [0.1, 0.15) is 5.52 Å². The lowest BCUT2D eigenvalue weighted by molar-refractivity contribution is 0.102. The quantitative estimate of drug-likeness (QED) is 0.373. The van der Waals surface area contributed by atoms with Crippen LogP contribution in [0.4, 0.5) is 5.69 Å². The standard InChI is InChI=1S/C28H30N2O2/c1-27(2,3)20-11-7-18(8-12-20)25(31)29-22-15-16-23-24(17-22)32-26(30-23)19-9-13-21(14-10-19)28(4,5)6/h7-17H,1-6H3,(H,29,31). The summed E-state index contributed by atoms with van der Waals surface area (Å²) in [6.07, 6.45) is 0. The van der Waals surface area contributed by atoms with Crippen LogP contribution in [-0.2, 0) is 10.8 Å². The van der Waals surface area contributed by atoms with Crippen LogP contribution in [0.2, 0.25) is 0 Å². The molecule has 1 aromatic heterocycles. The summed E-state index contributed by atoms with van der Waals surface area (Å²) in [5.41, 5.74) is 6.23. The minimum atomic E-state index is -0.151. The highest BCUT2D eigenvalue weighted by molar-refractivity contribution is 6.05. The van der Waals surface area contributed by atoms with Crippen molar-refractivity contribution >= 4 is 22.7 Å². The predicted octanol–water partition coefficient (Wildman–Crippen LogP) is 7.34. The molecule has 4 nitrogen and oxygen atoms in total. The topological polar surface area (TPSA) is 55.1 Å². The van der Waals surface area contributed by atoms with Crippen LogP contribution in [-0.4, -0.2) is 10.9 Å². The lowest BCUT2D eigenvalue weighted by atomic mass is 9.86. The zero-order valence-corrected chi connectivity index (χ0v) is 19.6. The Labute approximate surface area is 189 Å². The van der Waals surface area contributed by atoms with Gasteiger partial charge >= 0.3 is 0 Å². The molecule has 4 aromatic rings. The number of hydrogen-bond acceptors (Lipinski definition) is 3. The first-order valence-electron chi connectivity index (χ1n) is 10.9. The molecule has 0 aliphatic heterocycles. The van der Waals surface area contributed by atoms with Gasteiger partial charge in [-0.15, -0.1) is 0 Å². The summed E-state index contributed by atoms with van der Waals surface area (Å²) >= 11 is 0. The molecular weight excluding hydrogens is 396 g/mol. The molecule has 0 saturated heterocycles. The number of benzene rings is 3. The molecule has 164 valence electrons. The monoisotopic (exact) mass is 426 g/mol. The molecule has 0 bridgehead atoms. The van der Waals surface area contributed by atoms with Gasteiger partial charge in [0.05, 0.1) is 0 Å². The second kappa shape index (κ2) is 7.94. The summed E-state index contributed by atoms with van der Waals surface area (Å²) in [7, 11) is 0. The van der Waals surface area contributed by atoms with E-state index in [1.54, 1.807) is 0 Å². The molecule has 0 spiro atoms. The van der Waals surface area contributed by atoms with Crippen LogP contribution >= 0.6 is 0 Å². The third-order valence-corrected chi connectivity index (χ3v) is 5.66. The van der Waals surface area contributed by atoms with Crippen LogP contribution in [0.15, 0.2) is 71.1 Å². The summed E-state index contributed by atoms with van der Waals surface area (Å²) in [6, 6.07) is 21.6. The van der Waals surface area contributed by atoms with Gasteiger partial charge < -0.3 is 9.73 Å². The lowest BCUT2D eigenvalue weighted by Gasteiger charge is -2.19. The maximum absolute atomic E-state index is 12.7. The van der Waals surface area contributed by atoms with Gasteiger partial charge in [-0.25, -0.2) is 4.98 Å². The fraction of sp³-hybridized carbons (Fsp3) is 0.286. The largest absolute Gasteiger partial charge is 0.436 e. The fourth-order valence-corrected chi connectivity index (χ4v) is 3.56. The molecule has 1 N–H and O–H groups in total. The number of hydrogen-bond donors (Lipinski definition) is 1. The van der Waals surface area contributed by atoms with E-state index >= 15 is 0 Å². The van der Waals surface area contributed by atoms with Gasteiger partial charge in [-0.1, -0.05) is 65.8 Å². The van der Waals surface area contributed by atoms with Crippen LogP contribution in [0, 0.1) is 0 Å². The highest BCUT2D eigenvalue weighted by atomic mass is 16.3. The number of carbonyl (C=O) groups excluding carboxylic acids is 1. The third-order valence-electron chi connectivity index (χ3n) is 5.66. The van der Waals surface area contributed by atoms with Crippen molar-refractivity contribution in [3.63, 3.8) is 0 Å². The highest BCUT2D eigenvalue weighted by Gasteiger charge is 2.16. The van der Waals surface area contributed by atoms with Crippen molar-refractivity contribution in [1.82, 2.24) is 4.98 Å². The third kappa shape index (κ3) is 4.59. The van der Waals surface area contributed by atoms with E-state index in [1.807, 2.05) is 54.6 Å². The first-order chi connectivity index (χ1) is 15.0. The van der Waals surface area contributed by atoms with E-state index in [4.69, 9.17) is 4.42 Å². The Kier molecular flexibility index (Phi) is 5.41. The van der Waals surface area contributed by atoms with Gasteiger partial charge in [-0.3, -0.25) is 4.79 Å². The molecule has 3 aromatic carbocycles. The van der Waals surface area contributed by atoms with Crippen LogP contribution in [0.25, 0.3) is 22.6 Å². The Morgan fingerprint density at radius 3 is 1.91 bits per heavy atom. The molecule has 0 unspecified atom stereocenters. The normalized spacial score (nSPS) is 12.2. The summed E-state index contributed by atoms with van der Waals surface area (Å²) in [5, 5.41) is 2.95. The average molecular weight is 427 g/mol. The van der Waals surface area contributed by atoms with Crippen LogP contribution < -0.4 is 5.32 Å². The fourth-order valence-electron chi connectivity index (χ4n) is 3.56. The molecule has 1 amide bonds. The highest BCUT2D eigenvalue weighted by Crippen LogP contribution is 2.29. The maximum atomic E-state index is 12.7. The van der Waals surface area contributed by atoms with Gasteiger partial charge in [-0.2, -0.15) is 0 Å². The molecule has 0 saturated carbocycles. The van der Waals surface area contributed by atoms with E-state index in [0.717, 1.165) is 11.1 Å². The van der Waals surface area contributed by atoms with E-state index in [9.17, 15) is 4.79 Å².